The third-order valence-corrected chi connectivity index (χ3v) is 3.34. The summed E-state index contributed by atoms with van der Waals surface area (Å²) >= 11 is 5.93. The van der Waals surface area contributed by atoms with Crippen LogP contribution in [0.15, 0.2) is 30.5 Å². The quantitative estimate of drug-likeness (QED) is 0.672. The van der Waals surface area contributed by atoms with Crippen LogP contribution in [-0.2, 0) is 0 Å². The van der Waals surface area contributed by atoms with E-state index in [1.54, 1.807) is 18.2 Å². The first-order valence-corrected chi connectivity index (χ1v) is 6.36. The van der Waals surface area contributed by atoms with Crippen molar-refractivity contribution in [3.63, 3.8) is 0 Å². The summed E-state index contributed by atoms with van der Waals surface area (Å²) in [5.74, 6) is 5.00. The first-order chi connectivity index (χ1) is 9.58. The number of nitrogens with one attached hydrogen (secondary N) is 1. The largest absolute Gasteiger partial charge is 0.479 e. The first-order valence-electron chi connectivity index (χ1n) is 5.99. The Kier molecular flexibility index (Phi) is 4.54. The van der Waals surface area contributed by atoms with E-state index in [0.29, 0.717) is 10.6 Å². The van der Waals surface area contributed by atoms with E-state index in [1.165, 1.54) is 13.3 Å². The average Bonchev–Trinajstić information content (AvgIpc) is 2.43. The Bertz CT molecular complexity index is 621. The van der Waals surface area contributed by atoms with E-state index in [1.807, 2.05) is 13.0 Å². The van der Waals surface area contributed by atoms with Gasteiger partial charge in [0.05, 0.1) is 13.2 Å². The summed E-state index contributed by atoms with van der Waals surface area (Å²) in [5, 5.41) is 0.620. The Morgan fingerprint density at radius 2 is 2.10 bits per heavy atom. The van der Waals surface area contributed by atoms with Gasteiger partial charge in [0.25, 0.3) is 0 Å². The zero-order valence-electron chi connectivity index (χ0n) is 11.2. The predicted octanol–water partition coefficient (Wildman–Crippen LogP) is 2.74. The molecule has 0 spiro atoms. The smallest absolute Gasteiger partial charge is 0.250 e. The van der Waals surface area contributed by atoms with Crippen LogP contribution in [-0.4, -0.2) is 12.1 Å². The molecule has 0 amide bonds. The van der Waals surface area contributed by atoms with Crippen molar-refractivity contribution < 1.29 is 9.13 Å². The first kappa shape index (κ1) is 14.7. The van der Waals surface area contributed by atoms with Gasteiger partial charge in [-0.1, -0.05) is 17.7 Å². The maximum atomic E-state index is 14.3. The summed E-state index contributed by atoms with van der Waals surface area (Å²) in [6, 6.07) is 6.41. The molecule has 1 aromatic heterocycles. The Balaban J connectivity index is 2.52. The van der Waals surface area contributed by atoms with Crippen molar-refractivity contribution in [3.8, 4) is 5.88 Å². The van der Waals surface area contributed by atoms with Gasteiger partial charge in [0, 0.05) is 16.8 Å². The lowest BCUT2D eigenvalue weighted by Crippen LogP contribution is -2.30. The average molecular weight is 296 g/mol. The molecule has 0 fully saturated rings. The molecule has 0 saturated carbocycles. The molecule has 0 aliphatic rings. The molecule has 1 atom stereocenters. The molecule has 1 unspecified atom stereocenters. The molecule has 1 heterocycles. The lowest BCUT2D eigenvalue weighted by molar-refractivity contribution is 0.364. The van der Waals surface area contributed by atoms with Gasteiger partial charge in [0.15, 0.2) is 5.82 Å². The van der Waals surface area contributed by atoms with Crippen molar-refractivity contribution in [3.05, 3.63) is 58.0 Å². The molecule has 2 rings (SSSR count). The highest BCUT2D eigenvalue weighted by atomic mass is 35.5. The second-order valence-corrected chi connectivity index (χ2v) is 4.76. The van der Waals surface area contributed by atoms with Crippen molar-refractivity contribution in [2.45, 2.75) is 13.0 Å². The Hall–Kier alpha value is -1.69. The van der Waals surface area contributed by atoms with E-state index < -0.39 is 11.9 Å². The summed E-state index contributed by atoms with van der Waals surface area (Å²) in [6.07, 6.45) is 1.48. The summed E-state index contributed by atoms with van der Waals surface area (Å²) in [6.45, 7) is 1.89. The molecule has 3 N–H and O–H groups in total. The van der Waals surface area contributed by atoms with Crippen molar-refractivity contribution >= 4 is 11.6 Å². The predicted molar refractivity (Wildman–Crippen MR) is 76.1 cm³/mol. The van der Waals surface area contributed by atoms with Crippen LogP contribution in [0.4, 0.5) is 4.39 Å². The highest BCUT2D eigenvalue weighted by Gasteiger charge is 2.21. The number of pyridine rings is 1. The zero-order valence-corrected chi connectivity index (χ0v) is 11.9. The van der Waals surface area contributed by atoms with E-state index in [0.717, 1.165) is 11.1 Å². The highest BCUT2D eigenvalue weighted by molar-refractivity contribution is 6.30. The van der Waals surface area contributed by atoms with Crippen LogP contribution < -0.4 is 16.0 Å². The fourth-order valence-corrected chi connectivity index (χ4v) is 2.34. The number of ether oxygens (including phenoxy) is 1. The van der Waals surface area contributed by atoms with Gasteiger partial charge in [-0.25, -0.2) is 14.8 Å². The lowest BCUT2D eigenvalue weighted by atomic mass is 9.96. The molecule has 0 bridgehead atoms. The van der Waals surface area contributed by atoms with Gasteiger partial charge in [-0.05, 0) is 36.2 Å². The normalized spacial score (nSPS) is 12.2. The summed E-state index contributed by atoms with van der Waals surface area (Å²) < 4.78 is 19.2. The minimum Gasteiger partial charge on any atom is -0.479 e. The van der Waals surface area contributed by atoms with E-state index in [9.17, 15) is 4.39 Å². The molecule has 1 aromatic carbocycles. The van der Waals surface area contributed by atoms with Crippen LogP contribution in [0.5, 0.6) is 5.88 Å². The summed E-state index contributed by atoms with van der Waals surface area (Å²) in [7, 11) is 1.37. The Labute approximate surface area is 121 Å². The number of aromatic nitrogens is 1. The molecule has 0 aliphatic carbocycles. The van der Waals surface area contributed by atoms with Crippen LogP contribution in [0.1, 0.15) is 22.7 Å². The molecule has 106 valence electrons. The van der Waals surface area contributed by atoms with Crippen molar-refractivity contribution in [1.82, 2.24) is 10.4 Å². The maximum absolute atomic E-state index is 14.3. The van der Waals surface area contributed by atoms with Crippen molar-refractivity contribution in [2.75, 3.05) is 7.11 Å². The number of benzene rings is 1. The third kappa shape index (κ3) is 2.75. The third-order valence-electron chi connectivity index (χ3n) is 3.10. The van der Waals surface area contributed by atoms with E-state index in [2.05, 4.69) is 10.4 Å². The van der Waals surface area contributed by atoms with E-state index in [-0.39, 0.29) is 5.88 Å². The molecule has 0 saturated heterocycles. The van der Waals surface area contributed by atoms with Crippen LogP contribution in [0.3, 0.4) is 0 Å². The Morgan fingerprint density at radius 3 is 2.70 bits per heavy atom. The van der Waals surface area contributed by atoms with Gasteiger partial charge in [0.1, 0.15) is 0 Å². The molecule has 4 nitrogen and oxygen atoms in total. The van der Waals surface area contributed by atoms with Crippen LogP contribution in [0.2, 0.25) is 5.02 Å². The van der Waals surface area contributed by atoms with E-state index in [4.69, 9.17) is 22.2 Å². The maximum Gasteiger partial charge on any atom is 0.250 e. The number of nitrogens with zero attached hydrogens (tertiary/aromatic N) is 1. The van der Waals surface area contributed by atoms with Gasteiger partial charge in [0.2, 0.25) is 5.88 Å². The standard InChI is InChI=1S/C14H15ClFN3O/c1-8-7-9(15)3-4-10(8)13(19-17)11-5-6-18-14(20-2)12(11)16/h3-7,13,19H,17H2,1-2H3. The fourth-order valence-electron chi connectivity index (χ4n) is 2.11. The molecule has 0 radical (unpaired) electrons. The summed E-state index contributed by atoms with van der Waals surface area (Å²) in [4.78, 5) is 3.82. The number of rotatable bonds is 4. The molecule has 20 heavy (non-hydrogen) atoms. The van der Waals surface area contributed by atoms with Crippen LogP contribution >= 0.6 is 11.6 Å². The molecule has 6 heteroatoms. The monoisotopic (exact) mass is 295 g/mol. The number of nitrogens with two attached hydrogens (primary N) is 1. The minimum atomic E-state index is -0.535. The Morgan fingerprint density at radius 1 is 1.35 bits per heavy atom. The minimum absolute atomic E-state index is 0.0608. The van der Waals surface area contributed by atoms with Crippen LogP contribution in [0.25, 0.3) is 0 Å². The molecular weight excluding hydrogens is 281 g/mol. The SMILES string of the molecule is COc1nccc(C(NN)c2ccc(Cl)cc2C)c1F. The van der Waals surface area contributed by atoms with Gasteiger partial charge < -0.3 is 4.74 Å². The molecule has 2 aromatic rings. The topological polar surface area (TPSA) is 60.2 Å². The van der Waals surface area contributed by atoms with E-state index >= 15 is 0 Å². The van der Waals surface area contributed by atoms with Crippen molar-refractivity contribution in [1.29, 1.82) is 0 Å². The summed E-state index contributed by atoms with van der Waals surface area (Å²) in [5.41, 5.74) is 4.74. The second-order valence-electron chi connectivity index (χ2n) is 4.32. The number of hydrazine groups is 1. The van der Waals surface area contributed by atoms with Gasteiger partial charge in [-0.15, -0.1) is 0 Å². The van der Waals surface area contributed by atoms with Gasteiger partial charge in [-0.2, -0.15) is 0 Å². The number of hydrogen-bond donors (Lipinski definition) is 2. The van der Waals surface area contributed by atoms with Crippen LogP contribution in [0, 0.1) is 12.7 Å². The molecular formula is C14H15ClFN3O. The fraction of sp³-hybridized carbons (Fsp3) is 0.214. The molecule has 0 aliphatic heterocycles. The lowest BCUT2D eigenvalue weighted by Gasteiger charge is -2.20. The van der Waals surface area contributed by atoms with Crippen molar-refractivity contribution in [2.24, 2.45) is 5.84 Å². The zero-order chi connectivity index (χ0) is 14.7. The number of hydrogen-bond acceptors (Lipinski definition) is 4. The second kappa shape index (κ2) is 6.17. The highest BCUT2D eigenvalue weighted by Crippen LogP contribution is 2.30. The number of halogens is 2. The number of aryl methyl sites for hydroxylation is 1. The van der Waals surface area contributed by atoms with Gasteiger partial charge >= 0.3 is 0 Å². The van der Waals surface area contributed by atoms with Gasteiger partial charge in [-0.3, -0.25) is 5.84 Å². The number of methoxy groups -OCH3 is 1.